The fraction of sp³-hybridized carbons (Fsp3) is 0. The molecule has 0 aliphatic heterocycles. The van der Waals surface area contributed by atoms with Gasteiger partial charge in [0.25, 0.3) is 5.89 Å². The third kappa shape index (κ3) is 1.82. The molecule has 18 heavy (non-hydrogen) atoms. The number of hydrogen-bond donors (Lipinski definition) is 2. The number of hydrogen-bond acceptors (Lipinski definition) is 6. The maximum absolute atomic E-state index is 9.70. The zero-order valence-corrected chi connectivity index (χ0v) is 9.89. The average molecular weight is 260 g/mol. The van der Waals surface area contributed by atoms with Gasteiger partial charge in [-0.15, -0.1) is 0 Å². The molecule has 2 aromatic heterocycles. The second-order valence-corrected chi connectivity index (χ2v) is 4.42. The van der Waals surface area contributed by atoms with Gasteiger partial charge in [0, 0.05) is 17.0 Å². The molecule has 3 aromatic rings. The number of phenolic OH excluding ortho intramolecular Hbond substituents is 2. The van der Waals surface area contributed by atoms with Crippen LogP contribution >= 0.6 is 11.3 Å². The predicted molar refractivity (Wildman–Crippen MR) is 66.4 cm³/mol. The summed E-state index contributed by atoms with van der Waals surface area (Å²) >= 11 is 1.54. The van der Waals surface area contributed by atoms with Crippen molar-refractivity contribution in [1.82, 2.24) is 10.1 Å². The molecule has 2 N–H and O–H groups in total. The van der Waals surface area contributed by atoms with Gasteiger partial charge in [0.05, 0.1) is 5.56 Å². The summed E-state index contributed by atoms with van der Waals surface area (Å²) < 4.78 is 5.10. The number of rotatable bonds is 2. The SMILES string of the molecule is Oc1ccc(-c2nc(-c3ccsc3)no2)c(O)c1. The molecule has 0 radical (unpaired) electrons. The molecule has 0 saturated carbocycles. The van der Waals surface area contributed by atoms with Crippen molar-refractivity contribution in [3.05, 3.63) is 35.0 Å². The molecular weight excluding hydrogens is 252 g/mol. The Morgan fingerprint density at radius 2 is 2.06 bits per heavy atom. The van der Waals surface area contributed by atoms with E-state index >= 15 is 0 Å². The lowest BCUT2D eigenvalue weighted by Crippen LogP contribution is -1.80. The first-order valence-corrected chi connectivity index (χ1v) is 6.07. The normalized spacial score (nSPS) is 10.7. The Hall–Kier alpha value is -2.34. The lowest BCUT2D eigenvalue weighted by atomic mass is 10.2. The van der Waals surface area contributed by atoms with E-state index in [-0.39, 0.29) is 17.4 Å². The van der Waals surface area contributed by atoms with Gasteiger partial charge in [0.15, 0.2) is 0 Å². The van der Waals surface area contributed by atoms with Crippen LogP contribution < -0.4 is 0 Å². The van der Waals surface area contributed by atoms with Gasteiger partial charge in [0.2, 0.25) is 5.82 Å². The van der Waals surface area contributed by atoms with E-state index in [1.54, 1.807) is 11.3 Å². The molecule has 0 saturated heterocycles. The standard InChI is InChI=1S/C12H8N2O3S/c15-8-1-2-9(10(16)5-8)12-13-11(14-17-12)7-3-4-18-6-7/h1-6,15-16H. The van der Waals surface area contributed by atoms with Crippen molar-refractivity contribution in [2.45, 2.75) is 0 Å². The summed E-state index contributed by atoms with van der Waals surface area (Å²) in [5.74, 6) is 0.566. The Bertz CT molecular complexity index is 676. The predicted octanol–water partition coefficient (Wildman–Crippen LogP) is 2.88. The third-order valence-corrected chi connectivity index (χ3v) is 3.10. The summed E-state index contributed by atoms with van der Waals surface area (Å²) in [6.45, 7) is 0. The first kappa shape index (κ1) is 10.8. The molecule has 0 spiro atoms. The van der Waals surface area contributed by atoms with Crippen molar-refractivity contribution in [1.29, 1.82) is 0 Å². The number of phenols is 2. The van der Waals surface area contributed by atoms with Crippen molar-refractivity contribution in [2.24, 2.45) is 0 Å². The quantitative estimate of drug-likeness (QED) is 0.740. The molecule has 0 atom stereocenters. The van der Waals surface area contributed by atoms with E-state index < -0.39 is 0 Å². The molecule has 0 aliphatic carbocycles. The van der Waals surface area contributed by atoms with Gasteiger partial charge in [-0.2, -0.15) is 16.3 Å². The fourth-order valence-electron chi connectivity index (χ4n) is 1.54. The number of thiophene rings is 1. The third-order valence-electron chi connectivity index (χ3n) is 2.42. The van der Waals surface area contributed by atoms with E-state index in [1.165, 1.54) is 18.2 Å². The molecule has 0 aliphatic rings. The highest BCUT2D eigenvalue weighted by Gasteiger charge is 2.14. The van der Waals surface area contributed by atoms with Crippen LogP contribution in [0.3, 0.4) is 0 Å². The highest BCUT2D eigenvalue weighted by atomic mass is 32.1. The number of aromatic nitrogens is 2. The van der Waals surface area contributed by atoms with Crippen LogP contribution in [-0.4, -0.2) is 20.4 Å². The monoisotopic (exact) mass is 260 g/mol. The maximum atomic E-state index is 9.70. The van der Waals surface area contributed by atoms with Gasteiger partial charge in [-0.3, -0.25) is 0 Å². The molecule has 90 valence electrons. The van der Waals surface area contributed by atoms with Crippen LogP contribution in [0, 0.1) is 0 Å². The summed E-state index contributed by atoms with van der Waals surface area (Å²) in [7, 11) is 0. The Kier molecular flexibility index (Phi) is 2.49. The Morgan fingerprint density at radius 1 is 1.17 bits per heavy atom. The number of benzene rings is 1. The van der Waals surface area contributed by atoms with E-state index in [4.69, 9.17) is 4.52 Å². The molecule has 6 heteroatoms. The van der Waals surface area contributed by atoms with E-state index in [0.717, 1.165) is 5.56 Å². The average Bonchev–Trinajstić information content (AvgIpc) is 2.99. The molecule has 5 nitrogen and oxygen atoms in total. The smallest absolute Gasteiger partial charge is 0.262 e. The molecular formula is C12H8N2O3S. The van der Waals surface area contributed by atoms with Crippen LogP contribution in [0.25, 0.3) is 22.8 Å². The first-order valence-electron chi connectivity index (χ1n) is 5.12. The maximum Gasteiger partial charge on any atom is 0.262 e. The van der Waals surface area contributed by atoms with E-state index in [0.29, 0.717) is 11.4 Å². The van der Waals surface area contributed by atoms with Crippen LogP contribution in [0.4, 0.5) is 0 Å². The largest absolute Gasteiger partial charge is 0.508 e. The van der Waals surface area contributed by atoms with Crippen molar-refractivity contribution >= 4 is 11.3 Å². The van der Waals surface area contributed by atoms with Crippen LogP contribution in [0.15, 0.2) is 39.5 Å². The molecule has 0 unspecified atom stereocenters. The minimum atomic E-state index is -0.101. The van der Waals surface area contributed by atoms with Crippen LogP contribution in [0.1, 0.15) is 0 Å². The number of nitrogens with zero attached hydrogens (tertiary/aromatic N) is 2. The summed E-state index contributed by atoms with van der Waals surface area (Å²) in [5.41, 5.74) is 1.26. The van der Waals surface area contributed by atoms with Crippen LogP contribution in [-0.2, 0) is 0 Å². The number of aromatic hydroxyl groups is 2. The Morgan fingerprint density at radius 3 is 2.78 bits per heavy atom. The van der Waals surface area contributed by atoms with Crippen molar-refractivity contribution in [2.75, 3.05) is 0 Å². The molecule has 1 aromatic carbocycles. The fourth-order valence-corrected chi connectivity index (χ4v) is 2.18. The highest BCUT2D eigenvalue weighted by Crippen LogP contribution is 2.32. The minimum Gasteiger partial charge on any atom is -0.508 e. The molecule has 0 bridgehead atoms. The van der Waals surface area contributed by atoms with Crippen molar-refractivity contribution in [3.63, 3.8) is 0 Å². The first-order chi connectivity index (χ1) is 8.74. The van der Waals surface area contributed by atoms with E-state index in [2.05, 4.69) is 10.1 Å². The molecule has 3 rings (SSSR count). The Balaban J connectivity index is 2.03. The summed E-state index contributed by atoms with van der Waals surface area (Å²) in [6.07, 6.45) is 0. The van der Waals surface area contributed by atoms with Crippen LogP contribution in [0.2, 0.25) is 0 Å². The van der Waals surface area contributed by atoms with Gasteiger partial charge in [-0.25, -0.2) is 0 Å². The second-order valence-electron chi connectivity index (χ2n) is 3.64. The lowest BCUT2D eigenvalue weighted by molar-refractivity contribution is 0.423. The lowest BCUT2D eigenvalue weighted by Gasteiger charge is -1.98. The summed E-state index contributed by atoms with van der Waals surface area (Å²) in [6, 6.07) is 6.08. The van der Waals surface area contributed by atoms with Gasteiger partial charge >= 0.3 is 0 Å². The highest BCUT2D eigenvalue weighted by molar-refractivity contribution is 7.08. The van der Waals surface area contributed by atoms with E-state index in [1.807, 2.05) is 16.8 Å². The van der Waals surface area contributed by atoms with Gasteiger partial charge in [0.1, 0.15) is 11.5 Å². The molecule has 2 heterocycles. The molecule has 0 amide bonds. The van der Waals surface area contributed by atoms with Crippen molar-refractivity contribution < 1.29 is 14.7 Å². The minimum absolute atomic E-state index is 0.0196. The van der Waals surface area contributed by atoms with E-state index in [9.17, 15) is 10.2 Å². The van der Waals surface area contributed by atoms with Gasteiger partial charge < -0.3 is 14.7 Å². The van der Waals surface area contributed by atoms with Gasteiger partial charge in [-0.1, -0.05) is 5.16 Å². The van der Waals surface area contributed by atoms with Gasteiger partial charge in [-0.05, 0) is 23.6 Å². The topological polar surface area (TPSA) is 79.4 Å². The summed E-state index contributed by atoms with van der Waals surface area (Å²) in [4.78, 5) is 4.20. The second kappa shape index (κ2) is 4.15. The summed E-state index contributed by atoms with van der Waals surface area (Å²) in [5, 5.41) is 26.6. The molecule has 0 fully saturated rings. The van der Waals surface area contributed by atoms with Crippen LogP contribution in [0.5, 0.6) is 11.5 Å². The zero-order valence-electron chi connectivity index (χ0n) is 9.07. The zero-order chi connectivity index (χ0) is 12.5. The Labute approximate surface area is 106 Å². The van der Waals surface area contributed by atoms with Crippen molar-refractivity contribution in [3.8, 4) is 34.3 Å².